The number of benzene rings is 3. The Morgan fingerprint density at radius 3 is 2.21 bits per heavy atom. The molecule has 0 aromatic heterocycles. The molecule has 0 aliphatic heterocycles. The summed E-state index contributed by atoms with van der Waals surface area (Å²) in [4.78, 5) is 24.1. The molecule has 3 rings (SSSR count). The van der Waals surface area contributed by atoms with Crippen LogP contribution in [0.15, 0.2) is 72.8 Å². The van der Waals surface area contributed by atoms with E-state index >= 15 is 0 Å². The Morgan fingerprint density at radius 2 is 1.48 bits per heavy atom. The third-order valence-corrected chi connectivity index (χ3v) is 4.20. The summed E-state index contributed by atoms with van der Waals surface area (Å²) in [5.74, 6) is -0.413. The van der Waals surface area contributed by atoms with Crippen molar-refractivity contribution in [1.29, 1.82) is 0 Å². The van der Waals surface area contributed by atoms with Gasteiger partial charge in [0.25, 0.3) is 5.91 Å². The number of esters is 1. The summed E-state index contributed by atoms with van der Waals surface area (Å²) in [6, 6.07) is 22.9. The first kappa shape index (κ1) is 20.1. The second-order valence-electron chi connectivity index (χ2n) is 6.73. The second kappa shape index (κ2) is 9.55. The number of hydrogen-bond acceptors (Lipinski definition) is 4. The number of amides is 1. The van der Waals surface area contributed by atoms with Crippen molar-refractivity contribution in [2.24, 2.45) is 0 Å². The van der Waals surface area contributed by atoms with Crippen molar-refractivity contribution in [3.8, 4) is 16.9 Å². The summed E-state index contributed by atoms with van der Waals surface area (Å²) in [6.07, 6.45) is 0. The van der Waals surface area contributed by atoms with Crippen LogP contribution < -0.4 is 10.1 Å². The van der Waals surface area contributed by atoms with Gasteiger partial charge in [-0.1, -0.05) is 54.6 Å². The van der Waals surface area contributed by atoms with E-state index in [1.54, 1.807) is 0 Å². The van der Waals surface area contributed by atoms with Gasteiger partial charge in [0.2, 0.25) is 0 Å². The molecule has 1 N–H and O–H groups in total. The van der Waals surface area contributed by atoms with Gasteiger partial charge in [0, 0.05) is 11.3 Å². The quantitative estimate of drug-likeness (QED) is 0.603. The van der Waals surface area contributed by atoms with Gasteiger partial charge in [-0.05, 0) is 48.7 Å². The zero-order chi connectivity index (χ0) is 20.6. The summed E-state index contributed by atoms with van der Waals surface area (Å²) in [5, 5.41) is 2.80. The third-order valence-electron chi connectivity index (χ3n) is 4.20. The number of anilines is 1. The van der Waals surface area contributed by atoms with Crippen LogP contribution in [0, 0.1) is 13.8 Å². The number of para-hydroxylation sites is 1. The fourth-order valence-electron chi connectivity index (χ4n) is 2.99. The molecule has 0 atom stereocenters. The zero-order valence-electron chi connectivity index (χ0n) is 16.5. The number of hydrogen-bond donors (Lipinski definition) is 1. The lowest BCUT2D eigenvalue weighted by atomic mass is 10.0. The topological polar surface area (TPSA) is 64.6 Å². The maximum atomic E-state index is 12.2. The molecule has 29 heavy (non-hydrogen) atoms. The molecule has 1 amide bonds. The maximum Gasteiger partial charge on any atom is 0.344 e. The standard InChI is InChI=1S/C24H23NO4/c1-17-12-18(2)14-20(13-17)28-16-24(27)29-15-23(26)25-22-11-7-6-10-21(22)19-8-4-3-5-9-19/h3-14H,15-16H2,1-2H3,(H,25,26). The molecule has 0 spiro atoms. The van der Waals surface area contributed by atoms with Crippen LogP contribution in [-0.2, 0) is 14.3 Å². The average Bonchev–Trinajstić information content (AvgIpc) is 2.71. The lowest BCUT2D eigenvalue weighted by Crippen LogP contribution is -2.23. The SMILES string of the molecule is Cc1cc(C)cc(OCC(=O)OCC(=O)Nc2ccccc2-c2ccccc2)c1. The van der Waals surface area contributed by atoms with E-state index in [4.69, 9.17) is 9.47 Å². The van der Waals surface area contributed by atoms with E-state index in [0.717, 1.165) is 22.3 Å². The van der Waals surface area contributed by atoms with Crippen LogP contribution in [0.1, 0.15) is 11.1 Å². The van der Waals surface area contributed by atoms with Crippen molar-refractivity contribution >= 4 is 17.6 Å². The van der Waals surface area contributed by atoms with Crippen molar-refractivity contribution in [3.63, 3.8) is 0 Å². The molecule has 3 aromatic carbocycles. The Balaban J connectivity index is 1.52. The van der Waals surface area contributed by atoms with E-state index in [0.29, 0.717) is 11.4 Å². The van der Waals surface area contributed by atoms with Crippen LogP contribution >= 0.6 is 0 Å². The van der Waals surface area contributed by atoms with E-state index in [9.17, 15) is 9.59 Å². The monoisotopic (exact) mass is 389 g/mol. The van der Waals surface area contributed by atoms with Crippen LogP contribution in [0.3, 0.4) is 0 Å². The largest absolute Gasteiger partial charge is 0.482 e. The molecule has 0 saturated carbocycles. The summed E-state index contributed by atoms with van der Waals surface area (Å²) < 4.78 is 10.5. The van der Waals surface area contributed by atoms with E-state index in [2.05, 4.69) is 5.32 Å². The van der Waals surface area contributed by atoms with Gasteiger partial charge < -0.3 is 14.8 Å². The fourth-order valence-corrected chi connectivity index (χ4v) is 2.99. The summed E-state index contributed by atoms with van der Waals surface area (Å²) in [7, 11) is 0. The minimum atomic E-state index is -0.601. The van der Waals surface area contributed by atoms with Gasteiger partial charge in [0.05, 0.1) is 0 Å². The number of ether oxygens (including phenoxy) is 2. The Morgan fingerprint density at radius 1 is 0.828 bits per heavy atom. The summed E-state index contributed by atoms with van der Waals surface area (Å²) >= 11 is 0. The molecule has 0 radical (unpaired) electrons. The van der Waals surface area contributed by atoms with Crippen molar-refractivity contribution < 1.29 is 19.1 Å². The molecule has 0 aliphatic rings. The van der Waals surface area contributed by atoms with Crippen LogP contribution in [0.4, 0.5) is 5.69 Å². The van der Waals surface area contributed by atoms with Gasteiger partial charge in [-0.3, -0.25) is 4.79 Å². The molecular weight excluding hydrogens is 366 g/mol. The summed E-state index contributed by atoms with van der Waals surface area (Å²) in [5.41, 5.74) is 4.63. The minimum Gasteiger partial charge on any atom is -0.482 e. The highest BCUT2D eigenvalue weighted by Gasteiger charge is 2.11. The highest BCUT2D eigenvalue weighted by atomic mass is 16.6. The Kier molecular flexibility index (Phi) is 6.63. The van der Waals surface area contributed by atoms with Gasteiger partial charge in [-0.2, -0.15) is 0 Å². The zero-order valence-corrected chi connectivity index (χ0v) is 16.5. The normalized spacial score (nSPS) is 10.3. The van der Waals surface area contributed by atoms with Gasteiger partial charge >= 0.3 is 5.97 Å². The highest BCUT2D eigenvalue weighted by Crippen LogP contribution is 2.27. The van der Waals surface area contributed by atoms with Gasteiger partial charge in [0.1, 0.15) is 5.75 Å². The lowest BCUT2D eigenvalue weighted by Gasteiger charge is -2.12. The molecule has 0 fully saturated rings. The van der Waals surface area contributed by atoms with Gasteiger partial charge in [-0.15, -0.1) is 0 Å². The first-order valence-corrected chi connectivity index (χ1v) is 9.32. The first-order valence-electron chi connectivity index (χ1n) is 9.32. The van der Waals surface area contributed by atoms with Crippen molar-refractivity contribution in [3.05, 3.63) is 83.9 Å². The van der Waals surface area contributed by atoms with Crippen LogP contribution in [0.5, 0.6) is 5.75 Å². The molecule has 0 unspecified atom stereocenters. The molecular formula is C24H23NO4. The van der Waals surface area contributed by atoms with Crippen LogP contribution in [-0.4, -0.2) is 25.1 Å². The smallest absolute Gasteiger partial charge is 0.344 e. The number of aryl methyl sites for hydroxylation is 2. The van der Waals surface area contributed by atoms with Gasteiger partial charge in [-0.25, -0.2) is 4.79 Å². The number of carbonyl (C=O) groups is 2. The van der Waals surface area contributed by atoms with E-state index in [1.807, 2.05) is 86.6 Å². The van der Waals surface area contributed by atoms with E-state index in [-0.39, 0.29) is 13.2 Å². The van der Waals surface area contributed by atoms with Crippen molar-refractivity contribution in [2.45, 2.75) is 13.8 Å². The van der Waals surface area contributed by atoms with E-state index < -0.39 is 11.9 Å². The molecule has 5 heteroatoms. The molecule has 0 bridgehead atoms. The first-order chi connectivity index (χ1) is 14.0. The lowest BCUT2D eigenvalue weighted by molar-refractivity contribution is -0.149. The Bertz CT molecular complexity index is 979. The predicted molar refractivity (Wildman–Crippen MR) is 113 cm³/mol. The Hall–Kier alpha value is -3.60. The molecule has 5 nitrogen and oxygen atoms in total. The predicted octanol–water partition coefficient (Wildman–Crippen LogP) is 4.53. The molecule has 0 saturated heterocycles. The number of carbonyl (C=O) groups excluding carboxylic acids is 2. The van der Waals surface area contributed by atoms with Crippen LogP contribution in [0.2, 0.25) is 0 Å². The number of rotatable bonds is 7. The number of nitrogens with one attached hydrogen (secondary N) is 1. The van der Waals surface area contributed by atoms with Crippen molar-refractivity contribution in [1.82, 2.24) is 0 Å². The minimum absolute atomic E-state index is 0.253. The molecule has 0 aliphatic carbocycles. The maximum absolute atomic E-state index is 12.2. The second-order valence-corrected chi connectivity index (χ2v) is 6.73. The van der Waals surface area contributed by atoms with E-state index in [1.165, 1.54) is 0 Å². The molecule has 0 heterocycles. The third kappa shape index (κ3) is 5.94. The molecule has 148 valence electrons. The molecule has 3 aromatic rings. The average molecular weight is 389 g/mol. The van der Waals surface area contributed by atoms with Crippen LogP contribution in [0.25, 0.3) is 11.1 Å². The van der Waals surface area contributed by atoms with Crippen molar-refractivity contribution in [2.75, 3.05) is 18.5 Å². The Labute approximate surface area is 170 Å². The summed E-state index contributed by atoms with van der Waals surface area (Å²) in [6.45, 7) is 3.28. The fraction of sp³-hybridized carbons (Fsp3) is 0.167. The van der Waals surface area contributed by atoms with Gasteiger partial charge in [0.15, 0.2) is 13.2 Å². The highest BCUT2D eigenvalue weighted by molar-refractivity contribution is 5.96.